The molecule has 3 rings (SSSR count). The average molecular weight is 253 g/mol. The fraction of sp³-hybridized carbons (Fsp3) is 0.312. The molecule has 0 spiro atoms. The summed E-state index contributed by atoms with van der Waals surface area (Å²) in [5.74, 6) is 1.04. The number of nitrogens with one attached hydrogen (secondary N) is 1. The molecule has 19 heavy (non-hydrogen) atoms. The van der Waals surface area contributed by atoms with Gasteiger partial charge in [0.25, 0.3) is 0 Å². The molecular formula is C16H19N3. The van der Waals surface area contributed by atoms with Crippen LogP contribution in [0.15, 0.2) is 47.5 Å². The van der Waals surface area contributed by atoms with Gasteiger partial charge in [-0.25, -0.2) is 0 Å². The SMILES string of the molecule is CCN1CCN=C1NCc1ccc2ccccc2c1. The topological polar surface area (TPSA) is 27.6 Å². The van der Waals surface area contributed by atoms with Crippen molar-refractivity contribution in [3.05, 3.63) is 48.0 Å². The molecule has 0 saturated heterocycles. The summed E-state index contributed by atoms with van der Waals surface area (Å²) in [5.41, 5.74) is 1.30. The lowest BCUT2D eigenvalue weighted by atomic mass is 10.1. The van der Waals surface area contributed by atoms with Gasteiger partial charge in [-0.3, -0.25) is 4.99 Å². The first-order chi connectivity index (χ1) is 9.36. The maximum absolute atomic E-state index is 4.50. The largest absolute Gasteiger partial charge is 0.352 e. The van der Waals surface area contributed by atoms with E-state index in [2.05, 4.69) is 64.6 Å². The molecule has 1 heterocycles. The number of hydrogen-bond acceptors (Lipinski definition) is 3. The Bertz CT molecular complexity index is 604. The second-order valence-electron chi connectivity index (χ2n) is 4.82. The van der Waals surface area contributed by atoms with E-state index in [0.717, 1.165) is 32.1 Å². The van der Waals surface area contributed by atoms with E-state index in [4.69, 9.17) is 0 Å². The molecule has 0 fully saturated rings. The molecule has 3 nitrogen and oxygen atoms in total. The van der Waals surface area contributed by atoms with Crippen LogP contribution >= 0.6 is 0 Å². The molecule has 2 aromatic rings. The summed E-state index contributed by atoms with van der Waals surface area (Å²) in [6.07, 6.45) is 0. The van der Waals surface area contributed by atoms with Crippen molar-refractivity contribution in [1.29, 1.82) is 0 Å². The maximum Gasteiger partial charge on any atom is 0.194 e. The van der Waals surface area contributed by atoms with E-state index < -0.39 is 0 Å². The lowest BCUT2D eigenvalue weighted by Crippen LogP contribution is -2.37. The average Bonchev–Trinajstić information content (AvgIpc) is 2.92. The van der Waals surface area contributed by atoms with Crippen LogP contribution in [0.4, 0.5) is 0 Å². The van der Waals surface area contributed by atoms with Crippen LogP contribution in [0.2, 0.25) is 0 Å². The van der Waals surface area contributed by atoms with Crippen LogP contribution in [0.25, 0.3) is 10.8 Å². The van der Waals surface area contributed by atoms with Gasteiger partial charge in [0.2, 0.25) is 0 Å². The number of benzene rings is 2. The quantitative estimate of drug-likeness (QED) is 0.910. The summed E-state index contributed by atoms with van der Waals surface area (Å²) in [4.78, 5) is 6.78. The van der Waals surface area contributed by atoms with Crippen molar-refractivity contribution in [2.24, 2.45) is 4.99 Å². The molecule has 0 saturated carbocycles. The highest BCUT2D eigenvalue weighted by Gasteiger charge is 2.13. The van der Waals surface area contributed by atoms with Gasteiger partial charge in [0.05, 0.1) is 6.54 Å². The van der Waals surface area contributed by atoms with Crippen LogP contribution in [0, 0.1) is 0 Å². The lowest BCUT2D eigenvalue weighted by molar-refractivity contribution is 0.466. The van der Waals surface area contributed by atoms with E-state index in [0.29, 0.717) is 0 Å². The Labute approximate surface area is 114 Å². The van der Waals surface area contributed by atoms with Crippen molar-refractivity contribution in [3.63, 3.8) is 0 Å². The molecule has 2 aromatic carbocycles. The van der Waals surface area contributed by atoms with E-state index >= 15 is 0 Å². The van der Waals surface area contributed by atoms with Gasteiger partial charge in [-0.05, 0) is 29.3 Å². The second-order valence-corrected chi connectivity index (χ2v) is 4.82. The normalized spacial score (nSPS) is 14.8. The summed E-state index contributed by atoms with van der Waals surface area (Å²) in [6, 6.07) is 15.1. The van der Waals surface area contributed by atoms with Gasteiger partial charge in [-0.1, -0.05) is 36.4 Å². The first-order valence-electron chi connectivity index (χ1n) is 6.88. The number of rotatable bonds is 3. The number of fused-ring (bicyclic) bond motifs is 1. The fourth-order valence-electron chi connectivity index (χ4n) is 2.49. The first-order valence-corrected chi connectivity index (χ1v) is 6.88. The number of guanidine groups is 1. The van der Waals surface area contributed by atoms with Gasteiger partial charge in [-0.2, -0.15) is 0 Å². The van der Waals surface area contributed by atoms with Gasteiger partial charge in [0, 0.05) is 19.6 Å². The Morgan fingerprint density at radius 3 is 2.84 bits per heavy atom. The molecule has 98 valence electrons. The zero-order valence-corrected chi connectivity index (χ0v) is 11.3. The Kier molecular flexibility index (Phi) is 3.36. The third kappa shape index (κ3) is 2.55. The van der Waals surface area contributed by atoms with Gasteiger partial charge in [0.1, 0.15) is 0 Å². The summed E-state index contributed by atoms with van der Waals surface area (Å²) in [5, 5.41) is 6.02. The van der Waals surface area contributed by atoms with Crippen molar-refractivity contribution >= 4 is 16.7 Å². The highest BCUT2D eigenvalue weighted by atomic mass is 15.3. The molecule has 3 heteroatoms. The van der Waals surface area contributed by atoms with E-state index in [9.17, 15) is 0 Å². The Balaban J connectivity index is 1.71. The Hall–Kier alpha value is -2.03. The van der Waals surface area contributed by atoms with Crippen LogP contribution in [-0.2, 0) is 6.54 Å². The highest BCUT2D eigenvalue weighted by Crippen LogP contribution is 2.15. The van der Waals surface area contributed by atoms with Crippen molar-refractivity contribution in [2.45, 2.75) is 13.5 Å². The van der Waals surface area contributed by atoms with Gasteiger partial charge < -0.3 is 10.2 Å². The predicted octanol–water partition coefficient (Wildman–Crippen LogP) is 2.62. The van der Waals surface area contributed by atoms with Gasteiger partial charge in [0.15, 0.2) is 5.96 Å². The number of aliphatic imine (C=N–C) groups is 1. The first kappa shape index (κ1) is 12.0. The number of hydrogen-bond donors (Lipinski definition) is 1. The zero-order chi connectivity index (χ0) is 13.1. The fourth-order valence-corrected chi connectivity index (χ4v) is 2.49. The van der Waals surface area contributed by atoms with Gasteiger partial charge >= 0.3 is 0 Å². The molecule has 0 aliphatic carbocycles. The van der Waals surface area contributed by atoms with Crippen molar-refractivity contribution in [2.75, 3.05) is 19.6 Å². The Morgan fingerprint density at radius 1 is 1.16 bits per heavy atom. The molecule has 1 N–H and O–H groups in total. The van der Waals surface area contributed by atoms with Crippen molar-refractivity contribution in [3.8, 4) is 0 Å². The van der Waals surface area contributed by atoms with Crippen LogP contribution < -0.4 is 5.32 Å². The van der Waals surface area contributed by atoms with Crippen molar-refractivity contribution in [1.82, 2.24) is 10.2 Å². The predicted molar refractivity (Wildman–Crippen MR) is 80.3 cm³/mol. The minimum absolute atomic E-state index is 0.833. The molecule has 1 aliphatic rings. The summed E-state index contributed by atoms with van der Waals surface area (Å²) < 4.78 is 0. The van der Waals surface area contributed by atoms with E-state index in [1.54, 1.807) is 0 Å². The number of likely N-dealkylation sites (N-methyl/N-ethyl adjacent to an activating group) is 1. The second kappa shape index (κ2) is 5.31. The van der Waals surface area contributed by atoms with Gasteiger partial charge in [-0.15, -0.1) is 0 Å². The molecular weight excluding hydrogens is 234 g/mol. The van der Waals surface area contributed by atoms with E-state index in [1.165, 1.54) is 16.3 Å². The van der Waals surface area contributed by atoms with Crippen LogP contribution in [0.1, 0.15) is 12.5 Å². The number of nitrogens with zero attached hydrogens (tertiary/aromatic N) is 2. The van der Waals surface area contributed by atoms with Crippen molar-refractivity contribution < 1.29 is 0 Å². The highest BCUT2D eigenvalue weighted by molar-refractivity contribution is 5.84. The summed E-state index contributed by atoms with van der Waals surface area (Å²) in [7, 11) is 0. The summed E-state index contributed by atoms with van der Waals surface area (Å²) >= 11 is 0. The zero-order valence-electron chi connectivity index (χ0n) is 11.3. The molecule has 0 atom stereocenters. The van der Waals surface area contributed by atoms with E-state index in [-0.39, 0.29) is 0 Å². The van der Waals surface area contributed by atoms with Crippen LogP contribution in [0.5, 0.6) is 0 Å². The van der Waals surface area contributed by atoms with Crippen LogP contribution in [-0.4, -0.2) is 30.5 Å². The van der Waals surface area contributed by atoms with Crippen LogP contribution in [0.3, 0.4) is 0 Å². The molecule has 0 aromatic heterocycles. The third-order valence-electron chi connectivity index (χ3n) is 3.58. The summed E-state index contributed by atoms with van der Waals surface area (Å²) in [6.45, 7) is 5.96. The molecule has 0 amide bonds. The smallest absolute Gasteiger partial charge is 0.194 e. The third-order valence-corrected chi connectivity index (χ3v) is 3.58. The lowest BCUT2D eigenvalue weighted by Gasteiger charge is -2.19. The minimum atomic E-state index is 0.833. The minimum Gasteiger partial charge on any atom is -0.352 e. The standard InChI is InChI=1S/C16H19N3/c1-2-19-10-9-17-16(19)18-12-13-7-8-14-5-3-4-6-15(14)11-13/h3-8,11H,2,9-10,12H2,1H3,(H,17,18). The molecule has 0 radical (unpaired) electrons. The molecule has 0 unspecified atom stereocenters. The maximum atomic E-state index is 4.50. The molecule has 0 bridgehead atoms. The molecule has 1 aliphatic heterocycles. The Morgan fingerprint density at radius 2 is 2.00 bits per heavy atom. The van der Waals surface area contributed by atoms with E-state index in [1.807, 2.05) is 0 Å². The monoisotopic (exact) mass is 253 g/mol.